The van der Waals surface area contributed by atoms with Crippen LogP contribution >= 0.6 is 58.6 Å². The highest BCUT2D eigenvalue weighted by molar-refractivity contribution is 7.80. The molecule has 2 rings (SSSR count). The third-order valence-corrected chi connectivity index (χ3v) is 4.55. The van der Waals surface area contributed by atoms with Gasteiger partial charge in [0, 0.05) is 10.0 Å². The van der Waals surface area contributed by atoms with Gasteiger partial charge in [0.25, 0.3) is 11.8 Å². The van der Waals surface area contributed by atoms with Crippen LogP contribution in [-0.4, -0.2) is 23.0 Å². The third kappa shape index (κ3) is 6.39. The van der Waals surface area contributed by atoms with Crippen LogP contribution in [0.1, 0.15) is 17.3 Å². The predicted octanol–water partition coefficient (Wildman–Crippen LogP) is 4.40. The number of carbonyl (C=O) groups is 2. The SMILES string of the molecule is CC(Oc1ccc(Cl)cc1Cl)C(=O)NC(=S)NNC(=O)c1ccc(Cl)cc1Cl. The largest absolute Gasteiger partial charge is 0.479 e. The monoisotopic (exact) mass is 479 g/mol. The first kappa shape index (κ1) is 22.5. The van der Waals surface area contributed by atoms with Gasteiger partial charge in [0.15, 0.2) is 11.2 Å². The molecule has 3 N–H and O–H groups in total. The first-order valence-electron chi connectivity index (χ1n) is 7.65. The van der Waals surface area contributed by atoms with Crippen molar-refractivity contribution in [1.82, 2.24) is 16.2 Å². The molecule has 0 bridgehead atoms. The molecule has 2 aromatic carbocycles. The number of ether oxygens (including phenoxy) is 1. The number of carbonyl (C=O) groups excluding carboxylic acids is 2. The van der Waals surface area contributed by atoms with Crippen molar-refractivity contribution in [2.45, 2.75) is 13.0 Å². The van der Waals surface area contributed by atoms with Crippen LogP contribution in [0.2, 0.25) is 20.1 Å². The zero-order chi connectivity index (χ0) is 20.8. The van der Waals surface area contributed by atoms with Crippen molar-refractivity contribution in [1.29, 1.82) is 0 Å². The van der Waals surface area contributed by atoms with E-state index in [-0.39, 0.29) is 20.7 Å². The highest BCUT2D eigenvalue weighted by Gasteiger charge is 2.18. The molecule has 0 aliphatic heterocycles. The first-order valence-corrected chi connectivity index (χ1v) is 9.57. The van der Waals surface area contributed by atoms with Crippen LogP contribution in [0.3, 0.4) is 0 Å². The summed E-state index contributed by atoms with van der Waals surface area (Å²) < 4.78 is 5.48. The molecule has 6 nitrogen and oxygen atoms in total. The highest BCUT2D eigenvalue weighted by atomic mass is 35.5. The molecule has 0 spiro atoms. The van der Waals surface area contributed by atoms with Gasteiger partial charge in [-0.2, -0.15) is 0 Å². The van der Waals surface area contributed by atoms with Crippen LogP contribution in [0.5, 0.6) is 5.75 Å². The second-order valence-electron chi connectivity index (χ2n) is 5.36. The van der Waals surface area contributed by atoms with Gasteiger partial charge in [-0.05, 0) is 55.5 Å². The molecule has 0 aliphatic rings. The summed E-state index contributed by atoms with van der Waals surface area (Å²) in [6.07, 6.45) is -0.917. The molecule has 0 radical (unpaired) electrons. The molecule has 0 saturated heterocycles. The molecule has 148 valence electrons. The minimum absolute atomic E-state index is 0.138. The summed E-state index contributed by atoms with van der Waals surface area (Å²) in [5, 5.41) is 3.51. The van der Waals surface area contributed by atoms with Crippen LogP contribution in [0.25, 0.3) is 0 Å². The maximum atomic E-state index is 12.2. The van der Waals surface area contributed by atoms with E-state index in [1.165, 1.54) is 31.2 Å². The summed E-state index contributed by atoms with van der Waals surface area (Å²) in [5.41, 5.74) is 4.90. The van der Waals surface area contributed by atoms with Gasteiger partial charge in [0.05, 0.1) is 15.6 Å². The van der Waals surface area contributed by atoms with E-state index in [2.05, 4.69) is 16.2 Å². The Kier molecular flexibility index (Phi) is 8.15. The number of rotatable bonds is 4. The second-order valence-corrected chi connectivity index (χ2v) is 7.45. The van der Waals surface area contributed by atoms with Gasteiger partial charge in [-0.3, -0.25) is 25.8 Å². The molecule has 0 saturated carbocycles. The van der Waals surface area contributed by atoms with Crippen LogP contribution in [0.15, 0.2) is 36.4 Å². The van der Waals surface area contributed by atoms with Gasteiger partial charge in [-0.25, -0.2) is 0 Å². The Hall–Kier alpha value is -1.77. The van der Waals surface area contributed by atoms with E-state index in [9.17, 15) is 9.59 Å². The molecule has 1 unspecified atom stereocenters. The summed E-state index contributed by atoms with van der Waals surface area (Å²) in [7, 11) is 0. The fourth-order valence-electron chi connectivity index (χ4n) is 1.91. The lowest BCUT2D eigenvalue weighted by atomic mass is 10.2. The Morgan fingerprint density at radius 1 is 0.964 bits per heavy atom. The summed E-state index contributed by atoms with van der Waals surface area (Å²) in [6, 6.07) is 9.02. The first-order chi connectivity index (χ1) is 13.2. The van der Waals surface area contributed by atoms with Gasteiger partial charge >= 0.3 is 0 Å². The van der Waals surface area contributed by atoms with Crippen molar-refractivity contribution in [3.05, 3.63) is 62.1 Å². The summed E-state index contributed by atoms with van der Waals surface area (Å²) in [6.45, 7) is 1.51. The van der Waals surface area contributed by atoms with E-state index in [0.717, 1.165) is 0 Å². The predicted molar refractivity (Wildman–Crippen MR) is 114 cm³/mol. The van der Waals surface area contributed by atoms with E-state index in [0.29, 0.717) is 15.8 Å². The number of hydrogen-bond acceptors (Lipinski definition) is 4. The summed E-state index contributed by atoms with van der Waals surface area (Å²) >= 11 is 28.5. The Morgan fingerprint density at radius 3 is 2.18 bits per heavy atom. The average molecular weight is 481 g/mol. The van der Waals surface area contributed by atoms with E-state index < -0.39 is 17.9 Å². The standard InChI is InChI=1S/C17H13Cl4N3O3S/c1-8(27-14-5-3-10(19)7-13(14)21)15(25)22-17(28)24-23-16(26)11-4-2-9(18)6-12(11)20/h2-8H,1H3,(H,23,26)(H2,22,24,25,28). The van der Waals surface area contributed by atoms with Crippen molar-refractivity contribution in [3.8, 4) is 5.75 Å². The second kappa shape index (κ2) is 10.1. The molecule has 0 heterocycles. The molecule has 0 aromatic heterocycles. The maximum Gasteiger partial charge on any atom is 0.271 e. The fraction of sp³-hybridized carbons (Fsp3) is 0.118. The molecular formula is C17H13Cl4N3O3S. The van der Waals surface area contributed by atoms with Gasteiger partial charge in [-0.15, -0.1) is 0 Å². The minimum atomic E-state index is -0.917. The minimum Gasteiger partial charge on any atom is -0.479 e. The molecule has 2 aromatic rings. The number of amides is 2. The molecule has 0 aliphatic carbocycles. The maximum absolute atomic E-state index is 12.2. The average Bonchev–Trinajstić information content (AvgIpc) is 2.62. The fourth-order valence-corrected chi connectivity index (χ4v) is 3.01. The Labute approximate surface area is 186 Å². The topological polar surface area (TPSA) is 79.5 Å². The Morgan fingerprint density at radius 2 is 1.57 bits per heavy atom. The van der Waals surface area contributed by atoms with E-state index in [4.69, 9.17) is 63.4 Å². The van der Waals surface area contributed by atoms with Crippen molar-refractivity contribution >= 4 is 75.5 Å². The lowest BCUT2D eigenvalue weighted by molar-refractivity contribution is -0.125. The van der Waals surface area contributed by atoms with E-state index >= 15 is 0 Å². The lowest BCUT2D eigenvalue weighted by Gasteiger charge is -2.17. The smallest absolute Gasteiger partial charge is 0.271 e. The number of hydrogen-bond donors (Lipinski definition) is 3. The number of benzene rings is 2. The van der Waals surface area contributed by atoms with Gasteiger partial charge in [0.2, 0.25) is 0 Å². The van der Waals surface area contributed by atoms with Crippen LogP contribution < -0.4 is 20.9 Å². The molecule has 11 heteroatoms. The van der Waals surface area contributed by atoms with Crippen molar-refractivity contribution in [3.63, 3.8) is 0 Å². The number of thiocarbonyl (C=S) groups is 1. The van der Waals surface area contributed by atoms with Gasteiger partial charge in [0.1, 0.15) is 5.75 Å². The molecule has 28 heavy (non-hydrogen) atoms. The number of hydrazine groups is 1. The summed E-state index contributed by atoms with van der Waals surface area (Å²) in [5.74, 6) is -0.823. The van der Waals surface area contributed by atoms with Crippen molar-refractivity contribution < 1.29 is 14.3 Å². The van der Waals surface area contributed by atoms with Gasteiger partial charge in [-0.1, -0.05) is 46.4 Å². The van der Waals surface area contributed by atoms with E-state index in [1.54, 1.807) is 12.1 Å². The molecule has 0 fully saturated rings. The number of nitrogens with one attached hydrogen (secondary N) is 3. The Balaban J connectivity index is 1.86. The Bertz CT molecular complexity index is 927. The van der Waals surface area contributed by atoms with Crippen LogP contribution in [0.4, 0.5) is 0 Å². The van der Waals surface area contributed by atoms with Gasteiger partial charge < -0.3 is 4.74 Å². The van der Waals surface area contributed by atoms with E-state index in [1.807, 2.05) is 0 Å². The molecule has 1 atom stereocenters. The zero-order valence-corrected chi connectivity index (χ0v) is 18.0. The van der Waals surface area contributed by atoms with Crippen LogP contribution in [0, 0.1) is 0 Å². The van der Waals surface area contributed by atoms with Crippen molar-refractivity contribution in [2.24, 2.45) is 0 Å². The highest BCUT2D eigenvalue weighted by Crippen LogP contribution is 2.28. The third-order valence-electron chi connectivity index (χ3n) is 3.27. The normalized spacial score (nSPS) is 11.3. The molecule has 2 amide bonds. The quantitative estimate of drug-likeness (QED) is 0.446. The lowest BCUT2D eigenvalue weighted by Crippen LogP contribution is -2.51. The molecular weight excluding hydrogens is 468 g/mol. The van der Waals surface area contributed by atoms with Crippen LogP contribution in [-0.2, 0) is 4.79 Å². The van der Waals surface area contributed by atoms with Crippen molar-refractivity contribution in [2.75, 3.05) is 0 Å². The number of halogens is 4. The summed E-state index contributed by atoms with van der Waals surface area (Å²) in [4.78, 5) is 24.2. The zero-order valence-electron chi connectivity index (χ0n) is 14.2.